The van der Waals surface area contributed by atoms with Crippen LogP contribution in [0.2, 0.25) is 0 Å². The van der Waals surface area contributed by atoms with E-state index in [0.717, 1.165) is 8.47 Å². The molecule has 7 heteroatoms. The van der Waals surface area contributed by atoms with E-state index in [9.17, 15) is 9.59 Å². The lowest BCUT2D eigenvalue weighted by Gasteiger charge is -2.21. The third kappa shape index (κ3) is 3.55. The maximum absolute atomic E-state index is 12.3. The number of rotatable bonds is 3. The molecule has 3 rings (SSSR count). The van der Waals surface area contributed by atoms with Gasteiger partial charge in [0.05, 0.1) is 5.69 Å². The number of hydrogen-bond acceptors (Lipinski definition) is 4. The summed E-state index contributed by atoms with van der Waals surface area (Å²) >= 11 is 2.18. The number of fused-ring (bicyclic) bond motifs is 1. The highest BCUT2D eigenvalue weighted by Gasteiger charge is 2.19. The van der Waals surface area contributed by atoms with Gasteiger partial charge in [-0.3, -0.25) is 4.79 Å². The first kappa shape index (κ1) is 15.6. The van der Waals surface area contributed by atoms with Crippen LogP contribution < -0.4 is 19.7 Å². The Bertz CT molecular complexity index is 733. The lowest BCUT2D eigenvalue weighted by atomic mass is 10.2. The van der Waals surface area contributed by atoms with Gasteiger partial charge in [0, 0.05) is 15.3 Å². The zero-order chi connectivity index (χ0) is 16.2. The van der Waals surface area contributed by atoms with Crippen LogP contribution in [0.3, 0.4) is 0 Å². The lowest BCUT2D eigenvalue weighted by molar-refractivity contribution is -0.106. The summed E-state index contributed by atoms with van der Waals surface area (Å²) in [4.78, 5) is 24.6. The van der Waals surface area contributed by atoms with E-state index < -0.39 is 6.03 Å². The monoisotopic (exact) mass is 424 g/mol. The summed E-state index contributed by atoms with van der Waals surface area (Å²) in [6.45, 7) is 0.920. The predicted octanol–water partition coefficient (Wildman–Crippen LogP) is 3.26. The third-order valence-corrected chi connectivity index (χ3v) is 3.94. The number of anilines is 2. The van der Waals surface area contributed by atoms with E-state index in [1.54, 1.807) is 30.3 Å². The zero-order valence-electron chi connectivity index (χ0n) is 12.0. The summed E-state index contributed by atoms with van der Waals surface area (Å²) in [5.41, 5.74) is 1.02. The third-order valence-electron chi connectivity index (χ3n) is 3.22. The molecule has 0 fully saturated rings. The lowest BCUT2D eigenvalue weighted by Crippen LogP contribution is -2.33. The summed E-state index contributed by atoms with van der Waals surface area (Å²) in [5.74, 6) is 1.12. The Kier molecular flexibility index (Phi) is 4.65. The van der Waals surface area contributed by atoms with Gasteiger partial charge in [-0.15, -0.1) is 0 Å². The highest BCUT2D eigenvalue weighted by atomic mass is 127. The Labute approximate surface area is 146 Å². The number of nitrogens with one attached hydrogen (secondary N) is 1. The molecule has 0 aliphatic carbocycles. The molecule has 3 amide bonds. The van der Waals surface area contributed by atoms with Gasteiger partial charge in [-0.2, -0.15) is 0 Å². The topological polar surface area (TPSA) is 67.9 Å². The van der Waals surface area contributed by atoms with Crippen LogP contribution in [0.1, 0.15) is 0 Å². The molecule has 2 aromatic carbocycles. The molecule has 1 aliphatic rings. The van der Waals surface area contributed by atoms with E-state index in [4.69, 9.17) is 9.47 Å². The molecular formula is C16H13IN2O4. The van der Waals surface area contributed by atoms with Crippen molar-refractivity contribution in [3.8, 4) is 11.5 Å². The largest absolute Gasteiger partial charge is 0.486 e. The van der Waals surface area contributed by atoms with Crippen LogP contribution in [0.15, 0.2) is 42.5 Å². The summed E-state index contributed by atoms with van der Waals surface area (Å²) in [5, 5.41) is 2.68. The van der Waals surface area contributed by atoms with E-state index >= 15 is 0 Å². The second-order valence-electron chi connectivity index (χ2n) is 4.74. The minimum Gasteiger partial charge on any atom is -0.486 e. The molecule has 2 aromatic rings. The highest BCUT2D eigenvalue weighted by molar-refractivity contribution is 14.1. The first-order valence-electron chi connectivity index (χ1n) is 6.88. The minimum atomic E-state index is -0.544. The van der Waals surface area contributed by atoms with Crippen LogP contribution in [0, 0.1) is 3.57 Å². The van der Waals surface area contributed by atoms with Crippen molar-refractivity contribution in [2.24, 2.45) is 0 Å². The van der Waals surface area contributed by atoms with E-state index in [-0.39, 0.29) is 0 Å². The number of halogens is 1. The first-order valence-corrected chi connectivity index (χ1v) is 7.96. The maximum atomic E-state index is 12.3. The van der Waals surface area contributed by atoms with Crippen molar-refractivity contribution in [1.82, 2.24) is 0 Å². The molecule has 0 saturated carbocycles. The second kappa shape index (κ2) is 6.86. The molecule has 6 nitrogen and oxygen atoms in total. The molecule has 0 unspecified atom stereocenters. The van der Waals surface area contributed by atoms with Gasteiger partial charge in [-0.25, -0.2) is 9.69 Å². The van der Waals surface area contributed by atoms with Gasteiger partial charge in [0.1, 0.15) is 13.2 Å². The summed E-state index contributed by atoms with van der Waals surface area (Å²) in [7, 11) is 0. The number of nitrogens with zero attached hydrogens (tertiary/aromatic N) is 1. The Morgan fingerprint density at radius 3 is 2.48 bits per heavy atom. The number of hydrogen-bond donors (Lipinski definition) is 1. The van der Waals surface area contributed by atoms with E-state index in [1.807, 2.05) is 12.1 Å². The second-order valence-corrected chi connectivity index (χ2v) is 5.99. The summed E-state index contributed by atoms with van der Waals surface area (Å²) in [6.07, 6.45) is 0.466. The Balaban J connectivity index is 1.80. The van der Waals surface area contributed by atoms with Crippen LogP contribution in [-0.2, 0) is 4.79 Å². The normalized spacial score (nSPS) is 12.4. The first-order chi connectivity index (χ1) is 11.2. The van der Waals surface area contributed by atoms with E-state index in [1.165, 1.54) is 0 Å². The van der Waals surface area contributed by atoms with Crippen LogP contribution >= 0.6 is 22.6 Å². The Hall–Kier alpha value is -2.29. The number of amides is 3. The van der Waals surface area contributed by atoms with Crippen molar-refractivity contribution in [2.45, 2.75) is 0 Å². The van der Waals surface area contributed by atoms with Crippen molar-refractivity contribution in [3.05, 3.63) is 46.0 Å². The minimum absolute atomic E-state index is 0.410. The van der Waals surface area contributed by atoms with Gasteiger partial charge in [-0.1, -0.05) is 0 Å². The molecule has 0 spiro atoms. The van der Waals surface area contributed by atoms with Crippen molar-refractivity contribution in [3.63, 3.8) is 0 Å². The molecule has 0 bridgehead atoms. The quantitative estimate of drug-likeness (QED) is 0.607. The molecule has 0 radical (unpaired) electrons. The number of ether oxygens (including phenoxy) is 2. The molecule has 0 aromatic heterocycles. The fourth-order valence-corrected chi connectivity index (χ4v) is 2.48. The number of urea groups is 1. The van der Waals surface area contributed by atoms with E-state index in [0.29, 0.717) is 42.5 Å². The zero-order valence-corrected chi connectivity index (χ0v) is 14.1. The Morgan fingerprint density at radius 2 is 1.78 bits per heavy atom. The van der Waals surface area contributed by atoms with Gasteiger partial charge in [-0.05, 0) is 59.0 Å². The van der Waals surface area contributed by atoms with Crippen molar-refractivity contribution in [2.75, 3.05) is 23.4 Å². The Morgan fingerprint density at radius 1 is 1.09 bits per heavy atom. The standard InChI is InChI=1S/C16H13IN2O4/c17-11-1-3-12(4-2-11)18-16(21)19(10-20)13-5-6-14-15(9-13)23-8-7-22-14/h1-6,9-10H,7-8H2,(H,18,21). The van der Waals surface area contributed by atoms with Gasteiger partial charge in [0.15, 0.2) is 11.5 Å². The van der Waals surface area contributed by atoms with Crippen LogP contribution in [0.4, 0.5) is 16.2 Å². The smallest absolute Gasteiger partial charge is 0.332 e. The summed E-state index contributed by atoms with van der Waals surface area (Å²) in [6, 6.07) is 11.7. The number of carbonyl (C=O) groups is 2. The van der Waals surface area contributed by atoms with Crippen molar-refractivity contribution < 1.29 is 19.1 Å². The molecule has 0 saturated heterocycles. The van der Waals surface area contributed by atoms with Gasteiger partial charge in [0.2, 0.25) is 6.41 Å². The highest BCUT2D eigenvalue weighted by Crippen LogP contribution is 2.33. The summed E-state index contributed by atoms with van der Waals surface area (Å²) < 4.78 is 12.0. The molecule has 0 atom stereocenters. The SMILES string of the molecule is O=CN(C(=O)Nc1ccc(I)cc1)c1ccc2c(c1)OCCO2. The number of imide groups is 1. The van der Waals surface area contributed by atoms with Crippen molar-refractivity contribution >= 4 is 46.4 Å². The van der Waals surface area contributed by atoms with E-state index in [2.05, 4.69) is 27.9 Å². The fourth-order valence-electron chi connectivity index (χ4n) is 2.12. The fraction of sp³-hybridized carbons (Fsp3) is 0.125. The number of benzene rings is 2. The van der Waals surface area contributed by atoms with Crippen LogP contribution in [-0.4, -0.2) is 25.7 Å². The molecule has 1 heterocycles. The maximum Gasteiger partial charge on any atom is 0.332 e. The predicted molar refractivity (Wildman–Crippen MR) is 94.2 cm³/mol. The van der Waals surface area contributed by atoms with Gasteiger partial charge < -0.3 is 14.8 Å². The van der Waals surface area contributed by atoms with Gasteiger partial charge in [0.25, 0.3) is 0 Å². The van der Waals surface area contributed by atoms with Crippen LogP contribution in [0.5, 0.6) is 11.5 Å². The van der Waals surface area contributed by atoms with Crippen molar-refractivity contribution in [1.29, 1.82) is 0 Å². The molecule has 1 N–H and O–H groups in total. The number of carbonyl (C=O) groups excluding carboxylic acids is 2. The molecule has 118 valence electrons. The average molecular weight is 424 g/mol. The average Bonchev–Trinajstić information content (AvgIpc) is 2.57. The van der Waals surface area contributed by atoms with Gasteiger partial charge >= 0.3 is 6.03 Å². The molecular weight excluding hydrogens is 411 g/mol. The molecule has 1 aliphatic heterocycles. The van der Waals surface area contributed by atoms with Crippen LogP contribution in [0.25, 0.3) is 0 Å². The molecule has 23 heavy (non-hydrogen) atoms.